The van der Waals surface area contributed by atoms with Crippen LogP contribution < -0.4 is 0 Å². The second-order valence-corrected chi connectivity index (χ2v) is 5.88. The van der Waals surface area contributed by atoms with Crippen LogP contribution in [0.1, 0.15) is 64.7 Å². The van der Waals surface area contributed by atoms with Crippen molar-refractivity contribution in [3.63, 3.8) is 0 Å². The SMILES string of the molecule is C=CCCCCCCC(=O)N1CC(CCC)CC1C=O. The summed E-state index contributed by atoms with van der Waals surface area (Å²) < 4.78 is 0. The fourth-order valence-corrected chi connectivity index (χ4v) is 3.05. The quantitative estimate of drug-likeness (QED) is 0.347. The van der Waals surface area contributed by atoms with E-state index in [1.165, 1.54) is 0 Å². The highest BCUT2D eigenvalue weighted by molar-refractivity contribution is 5.80. The molecule has 3 nitrogen and oxygen atoms in total. The van der Waals surface area contributed by atoms with Gasteiger partial charge in [-0.15, -0.1) is 6.58 Å². The summed E-state index contributed by atoms with van der Waals surface area (Å²) in [6, 6.07) is -0.167. The van der Waals surface area contributed by atoms with Gasteiger partial charge in [0.25, 0.3) is 0 Å². The summed E-state index contributed by atoms with van der Waals surface area (Å²) in [6.07, 6.45) is 12.0. The minimum Gasteiger partial charge on any atom is -0.333 e. The highest BCUT2D eigenvalue weighted by atomic mass is 16.2. The van der Waals surface area contributed by atoms with Crippen LogP contribution in [0.5, 0.6) is 0 Å². The van der Waals surface area contributed by atoms with Crippen LogP contribution in [0.2, 0.25) is 0 Å². The molecule has 20 heavy (non-hydrogen) atoms. The Morgan fingerprint density at radius 3 is 2.70 bits per heavy atom. The van der Waals surface area contributed by atoms with Crippen molar-refractivity contribution in [2.75, 3.05) is 6.54 Å². The molecule has 3 heteroatoms. The Balaban J connectivity index is 2.27. The fraction of sp³-hybridized carbons (Fsp3) is 0.765. The summed E-state index contributed by atoms with van der Waals surface area (Å²) in [6.45, 7) is 6.65. The molecule has 1 rings (SSSR count). The molecular formula is C17H29NO2. The van der Waals surface area contributed by atoms with Gasteiger partial charge in [0.2, 0.25) is 5.91 Å². The molecule has 0 aliphatic carbocycles. The number of likely N-dealkylation sites (tertiary alicyclic amines) is 1. The maximum atomic E-state index is 12.2. The van der Waals surface area contributed by atoms with E-state index >= 15 is 0 Å². The summed E-state index contributed by atoms with van der Waals surface area (Å²) in [7, 11) is 0. The second-order valence-electron chi connectivity index (χ2n) is 5.88. The largest absolute Gasteiger partial charge is 0.333 e. The average molecular weight is 279 g/mol. The van der Waals surface area contributed by atoms with Crippen molar-refractivity contribution in [1.82, 2.24) is 4.90 Å². The number of nitrogens with zero attached hydrogens (tertiary/aromatic N) is 1. The number of rotatable bonds is 10. The minimum absolute atomic E-state index is 0.167. The van der Waals surface area contributed by atoms with E-state index in [1.54, 1.807) is 0 Å². The van der Waals surface area contributed by atoms with E-state index in [0.717, 1.165) is 64.2 Å². The smallest absolute Gasteiger partial charge is 0.223 e. The van der Waals surface area contributed by atoms with Crippen molar-refractivity contribution in [3.05, 3.63) is 12.7 Å². The van der Waals surface area contributed by atoms with Crippen LogP contribution in [-0.4, -0.2) is 29.7 Å². The molecule has 1 fully saturated rings. The molecule has 0 aromatic heterocycles. The van der Waals surface area contributed by atoms with Crippen molar-refractivity contribution in [2.24, 2.45) is 5.92 Å². The lowest BCUT2D eigenvalue weighted by Crippen LogP contribution is -2.36. The molecule has 1 aliphatic rings. The van der Waals surface area contributed by atoms with Crippen LogP contribution in [0.25, 0.3) is 0 Å². The lowest BCUT2D eigenvalue weighted by atomic mass is 10.0. The van der Waals surface area contributed by atoms with Gasteiger partial charge in [0, 0.05) is 13.0 Å². The highest BCUT2D eigenvalue weighted by Gasteiger charge is 2.33. The molecule has 0 N–H and O–H groups in total. The number of unbranched alkanes of at least 4 members (excludes halogenated alkanes) is 4. The lowest BCUT2D eigenvalue weighted by molar-refractivity contribution is -0.134. The summed E-state index contributed by atoms with van der Waals surface area (Å²) in [5, 5.41) is 0. The summed E-state index contributed by atoms with van der Waals surface area (Å²) in [4.78, 5) is 25.1. The maximum absolute atomic E-state index is 12.2. The summed E-state index contributed by atoms with van der Waals surface area (Å²) >= 11 is 0. The van der Waals surface area contributed by atoms with Crippen molar-refractivity contribution in [2.45, 2.75) is 70.8 Å². The number of carbonyl (C=O) groups is 2. The third kappa shape index (κ3) is 5.48. The zero-order valence-electron chi connectivity index (χ0n) is 12.9. The van der Waals surface area contributed by atoms with E-state index < -0.39 is 0 Å². The van der Waals surface area contributed by atoms with E-state index in [2.05, 4.69) is 13.5 Å². The van der Waals surface area contributed by atoms with E-state index in [4.69, 9.17) is 0 Å². The number of hydrogen-bond donors (Lipinski definition) is 0. The average Bonchev–Trinajstić information content (AvgIpc) is 2.86. The standard InChI is InChI=1S/C17H29NO2/c1-3-5-6-7-8-9-11-17(20)18-13-15(10-4-2)12-16(18)14-19/h3,14-16H,1,4-13H2,2H3. The van der Waals surface area contributed by atoms with Gasteiger partial charge < -0.3 is 9.69 Å². The van der Waals surface area contributed by atoms with Crippen LogP contribution in [0, 0.1) is 5.92 Å². The predicted octanol–water partition coefficient (Wildman–Crippen LogP) is 3.73. The van der Waals surface area contributed by atoms with Gasteiger partial charge in [-0.25, -0.2) is 0 Å². The molecule has 0 saturated carbocycles. The van der Waals surface area contributed by atoms with Gasteiger partial charge in [0.15, 0.2) is 0 Å². The van der Waals surface area contributed by atoms with Gasteiger partial charge in [0.1, 0.15) is 6.29 Å². The van der Waals surface area contributed by atoms with Gasteiger partial charge in [0.05, 0.1) is 6.04 Å². The molecule has 0 aromatic carbocycles. The first-order valence-electron chi connectivity index (χ1n) is 8.08. The van der Waals surface area contributed by atoms with Gasteiger partial charge >= 0.3 is 0 Å². The molecular weight excluding hydrogens is 250 g/mol. The first kappa shape index (κ1) is 16.9. The molecule has 1 saturated heterocycles. The fourth-order valence-electron chi connectivity index (χ4n) is 3.05. The van der Waals surface area contributed by atoms with Crippen LogP contribution in [0.15, 0.2) is 12.7 Å². The molecule has 0 spiro atoms. The Bertz CT molecular complexity index is 314. The van der Waals surface area contributed by atoms with Gasteiger partial charge in [-0.05, 0) is 38.0 Å². The van der Waals surface area contributed by atoms with Crippen LogP contribution in [0.3, 0.4) is 0 Å². The predicted molar refractivity (Wildman–Crippen MR) is 82.5 cm³/mol. The molecule has 114 valence electrons. The Labute approximate surface area is 123 Å². The lowest BCUT2D eigenvalue weighted by Gasteiger charge is -2.20. The van der Waals surface area contributed by atoms with Gasteiger partial charge in [-0.1, -0.05) is 32.3 Å². The number of allylic oxidation sites excluding steroid dienone is 1. The Kier molecular flexibility index (Phi) is 8.24. The van der Waals surface area contributed by atoms with Gasteiger partial charge in [-0.3, -0.25) is 4.79 Å². The van der Waals surface area contributed by atoms with Crippen LogP contribution in [0.4, 0.5) is 0 Å². The van der Waals surface area contributed by atoms with Crippen molar-refractivity contribution < 1.29 is 9.59 Å². The van der Waals surface area contributed by atoms with E-state index in [-0.39, 0.29) is 11.9 Å². The number of carbonyl (C=O) groups excluding carboxylic acids is 2. The van der Waals surface area contributed by atoms with Crippen molar-refractivity contribution >= 4 is 12.2 Å². The number of amides is 1. The molecule has 1 aliphatic heterocycles. The first-order chi connectivity index (χ1) is 9.72. The molecule has 2 unspecified atom stereocenters. The zero-order valence-corrected chi connectivity index (χ0v) is 12.9. The van der Waals surface area contributed by atoms with E-state index in [1.807, 2.05) is 11.0 Å². The van der Waals surface area contributed by atoms with E-state index in [9.17, 15) is 9.59 Å². The second kappa shape index (κ2) is 9.73. The zero-order chi connectivity index (χ0) is 14.8. The van der Waals surface area contributed by atoms with E-state index in [0.29, 0.717) is 12.3 Å². The first-order valence-corrected chi connectivity index (χ1v) is 8.08. The third-order valence-electron chi connectivity index (χ3n) is 4.15. The molecule has 2 atom stereocenters. The number of hydrogen-bond acceptors (Lipinski definition) is 2. The van der Waals surface area contributed by atoms with Crippen molar-refractivity contribution in [1.29, 1.82) is 0 Å². The van der Waals surface area contributed by atoms with Crippen molar-refractivity contribution in [3.8, 4) is 0 Å². The number of aldehydes is 1. The normalized spacial score (nSPS) is 21.9. The Hall–Kier alpha value is -1.12. The summed E-state index contributed by atoms with van der Waals surface area (Å²) in [5.74, 6) is 0.691. The minimum atomic E-state index is -0.167. The molecule has 1 heterocycles. The Morgan fingerprint density at radius 2 is 2.05 bits per heavy atom. The molecule has 0 aromatic rings. The topological polar surface area (TPSA) is 37.4 Å². The molecule has 0 radical (unpaired) electrons. The maximum Gasteiger partial charge on any atom is 0.223 e. The highest BCUT2D eigenvalue weighted by Crippen LogP contribution is 2.26. The van der Waals surface area contributed by atoms with Gasteiger partial charge in [-0.2, -0.15) is 0 Å². The monoisotopic (exact) mass is 279 g/mol. The third-order valence-corrected chi connectivity index (χ3v) is 4.15. The van der Waals surface area contributed by atoms with Crippen LogP contribution >= 0.6 is 0 Å². The summed E-state index contributed by atoms with van der Waals surface area (Å²) in [5.41, 5.74) is 0. The molecule has 1 amide bonds. The Morgan fingerprint density at radius 1 is 1.30 bits per heavy atom. The molecule has 0 bridgehead atoms. The van der Waals surface area contributed by atoms with Crippen LogP contribution in [-0.2, 0) is 9.59 Å².